The van der Waals surface area contributed by atoms with Crippen LogP contribution in [-0.2, 0) is 7.05 Å². The number of nitrogen functional groups attached to an aromatic ring is 1. The summed E-state index contributed by atoms with van der Waals surface area (Å²) in [5.74, 6) is -0.791. The van der Waals surface area contributed by atoms with Crippen molar-refractivity contribution in [2.75, 3.05) is 5.73 Å². The van der Waals surface area contributed by atoms with Crippen LogP contribution in [0.15, 0.2) is 53.5 Å². The third kappa shape index (κ3) is 2.74. The zero-order valence-electron chi connectivity index (χ0n) is 12.9. The Morgan fingerprint density at radius 2 is 1.67 bits per heavy atom. The molecule has 3 aromatic rings. The van der Waals surface area contributed by atoms with Gasteiger partial charge in [0.25, 0.3) is 5.91 Å². The van der Waals surface area contributed by atoms with E-state index >= 15 is 0 Å². The number of pyridine rings is 1. The first kappa shape index (κ1) is 15.4. The van der Waals surface area contributed by atoms with Crippen LogP contribution in [0.1, 0.15) is 10.5 Å². The van der Waals surface area contributed by atoms with Gasteiger partial charge in [0.15, 0.2) is 11.5 Å². The molecule has 0 aliphatic carbocycles. The second-order valence-corrected chi connectivity index (χ2v) is 5.25. The van der Waals surface area contributed by atoms with E-state index in [1.807, 2.05) is 30.3 Å². The summed E-state index contributed by atoms with van der Waals surface area (Å²) < 4.78 is 1.42. The number of nitrogens with two attached hydrogens (primary N) is 2. The zero-order chi connectivity index (χ0) is 17.3. The molecular formula is C17H15N5O2. The summed E-state index contributed by atoms with van der Waals surface area (Å²) in [6.45, 7) is 0. The predicted molar refractivity (Wildman–Crippen MR) is 91.1 cm³/mol. The lowest BCUT2D eigenvalue weighted by Gasteiger charge is -2.12. The second kappa shape index (κ2) is 5.96. The molecule has 0 unspecified atom stereocenters. The first-order valence-electron chi connectivity index (χ1n) is 7.17. The number of carbonyl (C=O) groups excluding carboxylic acids is 1. The molecule has 0 radical (unpaired) electrons. The van der Waals surface area contributed by atoms with E-state index in [9.17, 15) is 9.59 Å². The fourth-order valence-corrected chi connectivity index (χ4v) is 2.36. The molecule has 0 saturated carbocycles. The van der Waals surface area contributed by atoms with Gasteiger partial charge in [-0.15, -0.1) is 0 Å². The summed E-state index contributed by atoms with van der Waals surface area (Å²) in [6.07, 6.45) is 1.62. The summed E-state index contributed by atoms with van der Waals surface area (Å²) in [5, 5.41) is 0. The quantitative estimate of drug-likeness (QED) is 0.751. The molecule has 7 nitrogen and oxygen atoms in total. The summed E-state index contributed by atoms with van der Waals surface area (Å²) in [5.41, 5.74) is 13.3. The van der Waals surface area contributed by atoms with Crippen molar-refractivity contribution in [3.63, 3.8) is 0 Å². The highest BCUT2D eigenvalue weighted by molar-refractivity contribution is 5.96. The topological polar surface area (TPSA) is 117 Å². The molecule has 0 aliphatic rings. The number of carbonyl (C=O) groups is 1. The van der Waals surface area contributed by atoms with E-state index < -0.39 is 5.91 Å². The first-order valence-corrected chi connectivity index (χ1v) is 7.17. The van der Waals surface area contributed by atoms with Gasteiger partial charge in [-0.05, 0) is 6.07 Å². The van der Waals surface area contributed by atoms with Crippen LogP contribution in [0.2, 0.25) is 0 Å². The van der Waals surface area contributed by atoms with E-state index in [2.05, 4.69) is 9.97 Å². The Kier molecular flexibility index (Phi) is 3.83. The van der Waals surface area contributed by atoms with Gasteiger partial charge in [-0.1, -0.05) is 30.3 Å². The minimum absolute atomic E-state index is 0.0325. The lowest BCUT2D eigenvalue weighted by Crippen LogP contribution is -2.18. The lowest BCUT2D eigenvalue weighted by molar-refractivity contribution is 0.0996. The highest BCUT2D eigenvalue weighted by Gasteiger charge is 2.18. The van der Waals surface area contributed by atoms with Crippen molar-refractivity contribution in [3.8, 4) is 22.5 Å². The smallest absolute Gasteiger partial charge is 0.271 e. The Labute approximate surface area is 137 Å². The van der Waals surface area contributed by atoms with Crippen LogP contribution in [0, 0.1) is 0 Å². The number of aryl methyl sites for hydroxylation is 1. The van der Waals surface area contributed by atoms with E-state index in [1.165, 1.54) is 10.6 Å². The van der Waals surface area contributed by atoms with Crippen LogP contribution in [0.5, 0.6) is 0 Å². The molecule has 0 saturated heterocycles. The largest absolute Gasteiger partial charge is 0.382 e. The van der Waals surface area contributed by atoms with E-state index in [4.69, 9.17) is 11.5 Å². The van der Waals surface area contributed by atoms with Gasteiger partial charge in [-0.3, -0.25) is 9.59 Å². The van der Waals surface area contributed by atoms with Crippen molar-refractivity contribution >= 4 is 11.7 Å². The lowest BCUT2D eigenvalue weighted by atomic mass is 10.0. The van der Waals surface area contributed by atoms with Gasteiger partial charge in [0.05, 0.1) is 11.4 Å². The molecule has 1 amide bonds. The first-order chi connectivity index (χ1) is 11.5. The fourth-order valence-electron chi connectivity index (χ4n) is 2.36. The fraction of sp³-hybridized carbons (Fsp3) is 0.0588. The summed E-state index contributed by atoms with van der Waals surface area (Å²) in [6, 6.07) is 12.4. The van der Waals surface area contributed by atoms with Crippen LogP contribution in [0.25, 0.3) is 22.5 Å². The van der Waals surface area contributed by atoms with Crippen LogP contribution in [-0.4, -0.2) is 20.4 Å². The molecule has 4 N–H and O–H groups in total. The number of nitrogens with zero attached hydrogens (tertiary/aromatic N) is 3. The van der Waals surface area contributed by atoms with Gasteiger partial charge in [-0.25, -0.2) is 9.97 Å². The van der Waals surface area contributed by atoms with Gasteiger partial charge < -0.3 is 16.0 Å². The van der Waals surface area contributed by atoms with Crippen LogP contribution in [0.3, 0.4) is 0 Å². The number of primary amides is 1. The normalized spacial score (nSPS) is 10.5. The molecule has 0 fully saturated rings. The summed E-state index contributed by atoms with van der Waals surface area (Å²) in [7, 11) is 1.63. The summed E-state index contributed by atoms with van der Waals surface area (Å²) in [4.78, 5) is 31.8. The molecule has 0 aliphatic heterocycles. The molecule has 0 spiro atoms. The second-order valence-electron chi connectivity index (χ2n) is 5.25. The third-order valence-corrected chi connectivity index (χ3v) is 3.56. The molecule has 2 heterocycles. The Hall–Kier alpha value is -3.48. The molecule has 7 heteroatoms. The molecule has 120 valence electrons. The molecule has 2 aromatic heterocycles. The Bertz CT molecular complexity index is 980. The van der Waals surface area contributed by atoms with Gasteiger partial charge in [0.1, 0.15) is 0 Å². The summed E-state index contributed by atoms with van der Waals surface area (Å²) >= 11 is 0. The van der Waals surface area contributed by atoms with Crippen molar-refractivity contribution < 1.29 is 4.79 Å². The maximum Gasteiger partial charge on any atom is 0.271 e. The van der Waals surface area contributed by atoms with Crippen LogP contribution < -0.4 is 17.0 Å². The van der Waals surface area contributed by atoms with Crippen molar-refractivity contribution in [1.29, 1.82) is 0 Å². The van der Waals surface area contributed by atoms with E-state index in [-0.39, 0.29) is 17.1 Å². The zero-order valence-corrected chi connectivity index (χ0v) is 12.9. The molecule has 0 bridgehead atoms. The third-order valence-electron chi connectivity index (χ3n) is 3.56. The SMILES string of the molecule is Cn1cc(-c2nc(C(N)=O)c(N)nc2-c2ccccc2)ccc1=O. The highest BCUT2D eigenvalue weighted by Crippen LogP contribution is 2.30. The van der Waals surface area contributed by atoms with Crippen LogP contribution >= 0.6 is 0 Å². The van der Waals surface area contributed by atoms with Gasteiger partial charge in [0, 0.05) is 30.4 Å². The van der Waals surface area contributed by atoms with Gasteiger partial charge in [0.2, 0.25) is 5.56 Å². The minimum atomic E-state index is -0.759. The molecule has 24 heavy (non-hydrogen) atoms. The number of rotatable bonds is 3. The van der Waals surface area contributed by atoms with Gasteiger partial charge in [-0.2, -0.15) is 0 Å². The molecule has 3 rings (SSSR count). The van der Waals surface area contributed by atoms with E-state index in [1.54, 1.807) is 19.3 Å². The molecule has 0 atom stereocenters. The standard InChI is InChI=1S/C17H15N5O2/c1-22-9-11(7-8-12(22)23)14-13(10-5-3-2-4-6-10)21-16(18)15(20-14)17(19)24/h2-9H,1H3,(H2,18,21)(H2,19,24). The van der Waals surface area contributed by atoms with E-state index in [0.717, 1.165) is 5.56 Å². The Balaban J connectivity index is 2.32. The molecule has 1 aromatic carbocycles. The monoisotopic (exact) mass is 321 g/mol. The highest BCUT2D eigenvalue weighted by atomic mass is 16.1. The Morgan fingerprint density at radius 1 is 1.00 bits per heavy atom. The number of anilines is 1. The minimum Gasteiger partial charge on any atom is -0.382 e. The number of hydrogen-bond donors (Lipinski definition) is 2. The number of benzene rings is 1. The van der Waals surface area contributed by atoms with E-state index in [0.29, 0.717) is 17.0 Å². The van der Waals surface area contributed by atoms with Crippen molar-refractivity contribution in [3.05, 3.63) is 64.7 Å². The average Bonchev–Trinajstić information content (AvgIpc) is 2.57. The number of hydrogen-bond acceptors (Lipinski definition) is 5. The Morgan fingerprint density at radius 3 is 2.29 bits per heavy atom. The van der Waals surface area contributed by atoms with Crippen molar-refractivity contribution in [1.82, 2.24) is 14.5 Å². The van der Waals surface area contributed by atoms with Gasteiger partial charge >= 0.3 is 0 Å². The van der Waals surface area contributed by atoms with Crippen molar-refractivity contribution in [2.45, 2.75) is 0 Å². The molecular weight excluding hydrogens is 306 g/mol. The maximum absolute atomic E-state index is 11.6. The number of amides is 1. The number of aromatic nitrogens is 3. The van der Waals surface area contributed by atoms with Crippen LogP contribution in [0.4, 0.5) is 5.82 Å². The average molecular weight is 321 g/mol. The predicted octanol–water partition coefficient (Wildman–Crippen LogP) is 1.19. The van der Waals surface area contributed by atoms with Crippen molar-refractivity contribution in [2.24, 2.45) is 12.8 Å². The maximum atomic E-state index is 11.6.